The molecule has 0 amide bonds. The van der Waals surface area contributed by atoms with Crippen molar-refractivity contribution >= 4 is 39.5 Å². The third-order valence-corrected chi connectivity index (χ3v) is 21.8. The van der Waals surface area contributed by atoms with Gasteiger partial charge in [0, 0.05) is 25.7 Å². The maximum absolute atomic E-state index is 13.1. The van der Waals surface area contributed by atoms with E-state index in [2.05, 4.69) is 55.4 Å². The van der Waals surface area contributed by atoms with Crippen molar-refractivity contribution in [2.75, 3.05) is 39.6 Å². The molecule has 0 aliphatic rings. The Kier molecular flexibility index (Phi) is 71.5. The Bertz CT molecular complexity index is 2010. The lowest BCUT2D eigenvalue weighted by Gasteiger charge is -2.21. The lowest BCUT2D eigenvalue weighted by molar-refractivity contribution is -0.161. The second-order valence-electron chi connectivity index (χ2n) is 31.9. The summed E-state index contributed by atoms with van der Waals surface area (Å²) in [5.74, 6) is 0.975. The fourth-order valence-electron chi connectivity index (χ4n) is 12.9. The predicted molar refractivity (Wildman–Crippen MR) is 423 cm³/mol. The zero-order valence-corrected chi connectivity index (χ0v) is 69.7. The van der Waals surface area contributed by atoms with Crippen LogP contribution in [0.5, 0.6) is 0 Å². The second-order valence-corrected chi connectivity index (χ2v) is 34.8. The van der Waals surface area contributed by atoms with E-state index in [1.165, 1.54) is 231 Å². The fraction of sp³-hybridized carbons (Fsp3) is 0.952. The number of hydrogen-bond donors (Lipinski definition) is 3. The topological polar surface area (TPSA) is 237 Å². The molecule has 103 heavy (non-hydrogen) atoms. The quantitative estimate of drug-likeness (QED) is 0.0222. The van der Waals surface area contributed by atoms with E-state index >= 15 is 0 Å². The molecule has 0 saturated heterocycles. The number of phosphoric acid groups is 2. The standard InChI is InChI=1S/C84H164O17P2/c1-9-77(8)63-55-47-38-31-27-23-19-15-11-13-17-21-25-29-33-40-50-58-66-83(88)100-80(71-95-82(87)65-57-49-43-42-46-54-62-76(6)7)73-99-103(92,93)97-69-78(85)68-96-102(90,91)98-72-79(101-84(89)67-59-51-41-35-34-37-45-53-61-75(4)5)70-94-81(86)64-56-48-39-32-28-24-20-16-12-10-14-18-22-26-30-36-44-52-60-74(2)3/h74-80,85H,9-73H2,1-8H3,(H,90,91)(H,92,93)/t77?,78-,79-,80-/m1/s1. The van der Waals surface area contributed by atoms with Crippen LogP contribution in [0.1, 0.15) is 434 Å². The van der Waals surface area contributed by atoms with Crippen molar-refractivity contribution in [2.24, 2.45) is 23.7 Å². The van der Waals surface area contributed by atoms with Gasteiger partial charge in [-0.25, -0.2) is 9.13 Å². The molecule has 0 spiro atoms. The maximum atomic E-state index is 13.1. The average Bonchev–Trinajstić information content (AvgIpc) is 0.941. The van der Waals surface area contributed by atoms with Crippen molar-refractivity contribution < 1.29 is 80.2 Å². The monoisotopic (exact) mass is 1510 g/mol. The Morgan fingerprint density at radius 1 is 0.272 bits per heavy atom. The summed E-state index contributed by atoms with van der Waals surface area (Å²) >= 11 is 0. The minimum atomic E-state index is -4.96. The summed E-state index contributed by atoms with van der Waals surface area (Å²) in [5.41, 5.74) is 0. The molecule has 0 bridgehead atoms. The summed E-state index contributed by atoms with van der Waals surface area (Å²) in [4.78, 5) is 73.0. The van der Waals surface area contributed by atoms with E-state index in [9.17, 15) is 43.2 Å². The molecule has 0 saturated carbocycles. The highest BCUT2D eigenvalue weighted by atomic mass is 31.2. The number of unbranched alkanes of at least 4 members (excludes halogenated alkanes) is 46. The molecule has 0 radical (unpaired) electrons. The first kappa shape index (κ1) is 101. The van der Waals surface area contributed by atoms with Crippen LogP contribution in [0, 0.1) is 23.7 Å². The van der Waals surface area contributed by atoms with Gasteiger partial charge in [0.2, 0.25) is 0 Å². The van der Waals surface area contributed by atoms with Gasteiger partial charge in [-0.1, -0.05) is 383 Å². The van der Waals surface area contributed by atoms with Gasteiger partial charge in [0.05, 0.1) is 26.4 Å². The fourth-order valence-corrected chi connectivity index (χ4v) is 14.5. The van der Waals surface area contributed by atoms with Gasteiger partial charge < -0.3 is 33.8 Å². The average molecular weight is 1510 g/mol. The van der Waals surface area contributed by atoms with Crippen LogP contribution in [0.3, 0.4) is 0 Å². The predicted octanol–water partition coefficient (Wildman–Crippen LogP) is 25.2. The third-order valence-electron chi connectivity index (χ3n) is 19.9. The van der Waals surface area contributed by atoms with Crippen LogP contribution >= 0.6 is 15.6 Å². The molecule has 6 atom stereocenters. The number of esters is 4. The largest absolute Gasteiger partial charge is 0.472 e. The lowest BCUT2D eigenvalue weighted by Crippen LogP contribution is -2.30. The zero-order valence-electron chi connectivity index (χ0n) is 68.0. The molecule has 0 fully saturated rings. The van der Waals surface area contributed by atoms with Gasteiger partial charge in [-0.2, -0.15) is 0 Å². The summed E-state index contributed by atoms with van der Waals surface area (Å²) in [7, 11) is -9.92. The molecule has 0 heterocycles. The van der Waals surface area contributed by atoms with Gasteiger partial charge in [-0.3, -0.25) is 37.3 Å². The van der Waals surface area contributed by atoms with Crippen LogP contribution in [0.25, 0.3) is 0 Å². The van der Waals surface area contributed by atoms with E-state index in [4.69, 9.17) is 37.0 Å². The number of hydrogen-bond acceptors (Lipinski definition) is 15. The van der Waals surface area contributed by atoms with Gasteiger partial charge in [0.25, 0.3) is 0 Å². The van der Waals surface area contributed by atoms with E-state index < -0.39 is 97.5 Å². The van der Waals surface area contributed by atoms with Gasteiger partial charge >= 0.3 is 39.5 Å². The van der Waals surface area contributed by atoms with Gasteiger partial charge in [0.15, 0.2) is 12.2 Å². The van der Waals surface area contributed by atoms with Crippen LogP contribution in [-0.4, -0.2) is 96.7 Å². The number of phosphoric ester groups is 2. The van der Waals surface area contributed by atoms with Crippen molar-refractivity contribution in [3.63, 3.8) is 0 Å². The van der Waals surface area contributed by atoms with Gasteiger partial charge in [-0.05, 0) is 49.4 Å². The normalized spacial score (nSPS) is 14.2. The van der Waals surface area contributed by atoms with Crippen molar-refractivity contribution in [3.05, 3.63) is 0 Å². The SMILES string of the molecule is CCC(C)CCCCCCCCCCCCCCCCCCCCC(=O)O[C@H](COC(=O)CCCCCCCCC(C)C)COP(=O)(O)OC[C@H](O)COP(=O)(O)OC[C@@H](COC(=O)CCCCCCCCCCCCCCCCCCCCC(C)C)OC(=O)CCCCCCCCCCC(C)C. The molecular formula is C84H164O17P2. The Balaban J connectivity index is 5.10. The highest BCUT2D eigenvalue weighted by Crippen LogP contribution is 2.45. The van der Waals surface area contributed by atoms with Crippen LogP contribution in [0.15, 0.2) is 0 Å². The van der Waals surface area contributed by atoms with E-state index in [1.807, 2.05) is 0 Å². The molecule has 0 aromatic heterocycles. The summed E-state index contributed by atoms with van der Waals surface area (Å²) in [5, 5.41) is 10.6. The molecule has 0 aromatic carbocycles. The summed E-state index contributed by atoms with van der Waals surface area (Å²) in [6, 6.07) is 0. The Hall–Kier alpha value is -1.94. The van der Waals surface area contributed by atoms with Crippen molar-refractivity contribution in [3.8, 4) is 0 Å². The molecule has 0 aliphatic carbocycles. The molecule has 0 aliphatic heterocycles. The van der Waals surface area contributed by atoms with Crippen LogP contribution < -0.4 is 0 Å². The van der Waals surface area contributed by atoms with Crippen LogP contribution in [-0.2, 0) is 65.4 Å². The number of carbonyl (C=O) groups excluding carboxylic acids is 4. The Morgan fingerprint density at radius 3 is 0.689 bits per heavy atom. The number of aliphatic hydroxyl groups excluding tert-OH is 1. The summed E-state index contributed by atoms with van der Waals surface area (Å²) in [6.45, 7) is 14.2. The Labute approximate surface area is 632 Å². The van der Waals surface area contributed by atoms with E-state index in [0.29, 0.717) is 37.5 Å². The number of ether oxygens (including phenoxy) is 4. The first-order chi connectivity index (χ1) is 49.6. The molecule has 0 aromatic rings. The highest BCUT2D eigenvalue weighted by molar-refractivity contribution is 7.47. The van der Waals surface area contributed by atoms with Gasteiger partial charge in [0.1, 0.15) is 19.3 Å². The first-order valence-electron chi connectivity index (χ1n) is 43.2. The molecular weight excluding hydrogens is 1340 g/mol. The summed E-state index contributed by atoms with van der Waals surface area (Å²) < 4.78 is 68.7. The molecule has 612 valence electrons. The lowest BCUT2D eigenvalue weighted by atomic mass is 9.99. The summed E-state index contributed by atoms with van der Waals surface area (Å²) in [6.07, 6.45) is 61.5. The number of carbonyl (C=O) groups is 4. The molecule has 3 N–H and O–H groups in total. The molecule has 17 nitrogen and oxygen atoms in total. The van der Waals surface area contributed by atoms with Crippen molar-refractivity contribution in [2.45, 2.75) is 453 Å². The van der Waals surface area contributed by atoms with E-state index in [1.54, 1.807) is 0 Å². The highest BCUT2D eigenvalue weighted by Gasteiger charge is 2.30. The third kappa shape index (κ3) is 76.6. The maximum Gasteiger partial charge on any atom is 0.472 e. The Morgan fingerprint density at radius 2 is 0.466 bits per heavy atom. The molecule has 3 unspecified atom stereocenters. The van der Waals surface area contributed by atoms with E-state index in [-0.39, 0.29) is 25.7 Å². The zero-order chi connectivity index (χ0) is 76.0. The number of rotatable bonds is 81. The van der Waals surface area contributed by atoms with Crippen molar-refractivity contribution in [1.29, 1.82) is 0 Å². The smallest absolute Gasteiger partial charge is 0.462 e. The van der Waals surface area contributed by atoms with E-state index in [0.717, 1.165) is 108 Å². The van der Waals surface area contributed by atoms with Crippen LogP contribution in [0.2, 0.25) is 0 Å². The van der Waals surface area contributed by atoms with Gasteiger partial charge in [-0.15, -0.1) is 0 Å². The first-order valence-corrected chi connectivity index (χ1v) is 46.2. The van der Waals surface area contributed by atoms with Crippen molar-refractivity contribution in [1.82, 2.24) is 0 Å². The second kappa shape index (κ2) is 72.9. The molecule has 19 heteroatoms. The minimum absolute atomic E-state index is 0.105. The molecule has 0 rings (SSSR count). The van der Waals surface area contributed by atoms with Crippen LogP contribution in [0.4, 0.5) is 0 Å². The number of aliphatic hydroxyl groups is 1. The minimum Gasteiger partial charge on any atom is -0.462 e.